The second kappa shape index (κ2) is 4.63. The first-order valence-corrected chi connectivity index (χ1v) is 6.27. The van der Waals surface area contributed by atoms with E-state index in [0.717, 1.165) is 21.7 Å². The third-order valence-corrected chi connectivity index (χ3v) is 4.15. The maximum absolute atomic E-state index is 10.4. The van der Waals surface area contributed by atoms with E-state index in [2.05, 4.69) is 15.9 Å². The number of rotatable bonds is 2. The van der Waals surface area contributed by atoms with Gasteiger partial charge in [0.15, 0.2) is 5.69 Å². The van der Waals surface area contributed by atoms with Crippen molar-refractivity contribution in [1.29, 1.82) is 0 Å². The summed E-state index contributed by atoms with van der Waals surface area (Å²) in [5.74, 6) is 1.09. The van der Waals surface area contributed by atoms with Gasteiger partial charge in [0, 0.05) is 22.9 Å². The molecule has 0 fully saturated rings. The Kier molecular flexibility index (Phi) is 3.35. The molecular formula is C13H16BrN2O+. The molecule has 4 heteroatoms. The van der Waals surface area contributed by atoms with Crippen molar-refractivity contribution in [2.24, 2.45) is 14.1 Å². The van der Waals surface area contributed by atoms with Crippen molar-refractivity contribution in [3.05, 3.63) is 52.0 Å². The van der Waals surface area contributed by atoms with Gasteiger partial charge in [-0.15, -0.1) is 0 Å². The lowest BCUT2D eigenvalue weighted by molar-refractivity contribution is -0.688. The van der Waals surface area contributed by atoms with Crippen LogP contribution in [0.15, 0.2) is 34.9 Å². The Balaban J connectivity index is 2.52. The molecular weight excluding hydrogens is 280 g/mol. The molecule has 90 valence electrons. The highest BCUT2D eigenvalue weighted by atomic mass is 79.9. The number of imidazole rings is 1. The molecule has 2 rings (SSSR count). The van der Waals surface area contributed by atoms with Gasteiger partial charge in [-0.25, -0.2) is 9.13 Å². The van der Waals surface area contributed by atoms with Crippen LogP contribution in [-0.2, 0) is 14.1 Å². The Labute approximate surface area is 109 Å². The normalized spacial score (nSPS) is 12.8. The standard InChI is InChI=1S/C13H16BrN2O/c1-9-15(2)11(13(14)16(9)3)12(17)10-7-5-4-6-8-10/h4-8,12,17H,1-3H3/q+1/t12-/m0/s1. The Morgan fingerprint density at radius 1 is 1.29 bits per heavy atom. The summed E-state index contributed by atoms with van der Waals surface area (Å²) in [5, 5.41) is 10.4. The summed E-state index contributed by atoms with van der Waals surface area (Å²) in [7, 11) is 3.93. The minimum Gasteiger partial charge on any atom is -0.380 e. The Morgan fingerprint density at radius 2 is 1.88 bits per heavy atom. The Bertz CT molecular complexity index is 509. The van der Waals surface area contributed by atoms with Gasteiger partial charge in [-0.05, 0) is 5.56 Å². The zero-order chi connectivity index (χ0) is 12.6. The van der Waals surface area contributed by atoms with E-state index >= 15 is 0 Å². The summed E-state index contributed by atoms with van der Waals surface area (Å²) in [5.41, 5.74) is 1.77. The van der Waals surface area contributed by atoms with Crippen molar-refractivity contribution in [1.82, 2.24) is 4.57 Å². The van der Waals surface area contributed by atoms with E-state index in [1.54, 1.807) is 0 Å². The van der Waals surface area contributed by atoms with Crippen LogP contribution in [0.4, 0.5) is 0 Å². The van der Waals surface area contributed by atoms with Gasteiger partial charge in [0.1, 0.15) is 6.10 Å². The monoisotopic (exact) mass is 295 g/mol. The highest BCUT2D eigenvalue weighted by Gasteiger charge is 2.28. The molecule has 3 nitrogen and oxygen atoms in total. The second-order valence-corrected chi connectivity index (χ2v) is 4.91. The third-order valence-electron chi connectivity index (χ3n) is 3.21. The number of benzene rings is 1. The van der Waals surface area contributed by atoms with Crippen molar-refractivity contribution in [3.8, 4) is 0 Å². The van der Waals surface area contributed by atoms with Crippen LogP contribution in [0.1, 0.15) is 23.2 Å². The van der Waals surface area contributed by atoms with Crippen molar-refractivity contribution < 1.29 is 9.67 Å². The van der Waals surface area contributed by atoms with Crippen LogP contribution < -0.4 is 4.57 Å². The smallest absolute Gasteiger partial charge is 0.254 e. The predicted octanol–water partition coefficient (Wildman–Crippen LogP) is 2.00. The Hall–Kier alpha value is -1.13. The molecule has 0 aliphatic heterocycles. The molecule has 17 heavy (non-hydrogen) atoms. The zero-order valence-corrected chi connectivity index (χ0v) is 11.8. The van der Waals surface area contributed by atoms with E-state index < -0.39 is 6.10 Å². The summed E-state index contributed by atoms with van der Waals surface area (Å²) < 4.78 is 4.93. The van der Waals surface area contributed by atoms with Crippen molar-refractivity contribution in [3.63, 3.8) is 0 Å². The zero-order valence-electron chi connectivity index (χ0n) is 10.2. The second-order valence-electron chi connectivity index (χ2n) is 4.15. The van der Waals surface area contributed by atoms with Crippen molar-refractivity contribution in [2.75, 3.05) is 0 Å². The lowest BCUT2D eigenvalue weighted by Crippen LogP contribution is -2.31. The molecule has 0 bridgehead atoms. The van der Waals surface area contributed by atoms with E-state index in [-0.39, 0.29) is 0 Å². The summed E-state index contributed by atoms with van der Waals surface area (Å²) >= 11 is 3.53. The molecule has 1 N–H and O–H groups in total. The van der Waals surface area contributed by atoms with E-state index in [0.29, 0.717) is 0 Å². The van der Waals surface area contributed by atoms with Crippen LogP contribution >= 0.6 is 15.9 Å². The van der Waals surface area contributed by atoms with Crippen LogP contribution in [0, 0.1) is 6.92 Å². The van der Waals surface area contributed by atoms with Crippen LogP contribution in [0.2, 0.25) is 0 Å². The highest BCUT2D eigenvalue weighted by Crippen LogP contribution is 2.27. The first kappa shape index (κ1) is 12.3. The van der Waals surface area contributed by atoms with E-state index in [9.17, 15) is 5.11 Å². The molecule has 2 aromatic rings. The molecule has 1 heterocycles. The van der Waals surface area contributed by atoms with Gasteiger partial charge in [-0.1, -0.05) is 30.3 Å². The number of aliphatic hydroxyl groups is 1. The van der Waals surface area contributed by atoms with Crippen molar-refractivity contribution >= 4 is 15.9 Å². The summed E-state index contributed by atoms with van der Waals surface area (Å²) in [4.78, 5) is 0. The minimum absolute atomic E-state index is 0.615. The molecule has 0 aliphatic carbocycles. The van der Waals surface area contributed by atoms with Gasteiger partial charge in [0.25, 0.3) is 5.82 Å². The SMILES string of the molecule is Cc1n(C)c([C@@H](O)c2ccccc2)c(Br)[n+]1C. The third kappa shape index (κ3) is 2.03. The maximum atomic E-state index is 10.4. The molecule has 0 unspecified atom stereocenters. The molecule has 0 amide bonds. The average molecular weight is 296 g/mol. The largest absolute Gasteiger partial charge is 0.380 e. The van der Waals surface area contributed by atoms with Gasteiger partial charge in [-0.2, -0.15) is 0 Å². The number of aromatic nitrogens is 2. The fraction of sp³-hybridized carbons (Fsp3) is 0.308. The number of hydrogen-bond donors (Lipinski definition) is 1. The fourth-order valence-electron chi connectivity index (χ4n) is 1.94. The van der Waals surface area contributed by atoms with E-state index in [1.165, 1.54) is 0 Å². The quantitative estimate of drug-likeness (QED) is 0.844. The van der Waals surface area contributed by atoms with Crippen LogP contribution in [-0.4, -0.2) is 9.67 Å². The summed E-state index contributed by atoms with van der Waals surface area (Å²) in [6.07, 6.45) is -0.615. The molecule has 0 saturated carbocycles. The number of aliphatic hydroxyl groups excluding tert-OH is 1. The average Bonchev–Trinajstić information content (AvgIpc) is 2.54. The first-order valence-electron chi connectivity index (χ1n) is 5.47. The van der Waals surface area contributed by atoms with Gasteiger partial charge in [0.05, 0.1) is 14.1 Å². The topological polar surface area (TPSA) is 29.0 Å². The Morgan fingerprint density at radius 3 is 2.35 bits per heavy atom. The molecule has 0 spiro atoms. The molecule has 0 aliphatic rings. The van der Waals surface area contributed by atoms with Crippen LogP contribution in [0.25, 0.3) is 0 Å². The van der Waals surface area contributed by atoms with Gasteiger partial charge in [-0.3, -0.25) is 0 Å². The maximum Gasteiger partial charge on any atom is 0.254 e. The summed E-state index contributed by atoms with van der Waals surface area (Å²) in [6.45, 7) is 2.02. The van der Waals surface area contributed by atoms with Crippen LogP contribution in [0.3, 0.4) is 0 Å². The lowest BCUT2D eigenvalue weighted by atomic mass is 10.1. The fourth-order valence-corrected chi connectivity index (χ4v) is 2.68. The minimum atomic E-state index is -0.615. The van der Waals surface area contributed by atoms with Crippen molar-refractivity contribution in [2.45, 2.75) is 13.0 Å². The van der Waals surface area contributed by atoms with Gasteiger partial charge < -0.3 is 5.11 Å². The van der Waals surface area contributed by atoms with E-state index in [4.69, 9.17) is 0 Å². The summed E-state index contributed by atoms with van der Waals surface area (Å²) in [6, 6.07) is 9.67. The molecule has 0 saturated heterocycles. The molecule has 0 radical (unpaired) electrons. The predicted molar refractivity (Wildman–Crippen MR) is 69.5 cm³/mol. The lowest BCUT2D eigenvalue weighted by Gasteiger charge is -2.08. The van der Waals surface area contributed by atoms with Crippen LogP contribution in [0.5, 0.6) is 0 Å². The highest BCUT2D eigenvalue weighted by molar-refractivity contribution is 9.10. The molecule has 1 atom stereocenters. The number of hydrogen-bond acceptors (Lipinski definition) is 1. The number of nitrogens with zero attached hydrogens (tertiary/aromatic N) is 2. The number of halogens is 1. The van der Waals surface area contributed by atoms with Gasteiger partial charge >= 0.3 is 0 Å². The molecule has 1 aromatic carbocycles. The van der Waals surface area contributed by atoms with Gasteiger partial charge in [0.2, 0.25) is 4.60 Å². The molecule has 1 aromatic heterocycles. The van der Waals surface area contributed by atoms with E-state index in [1.807, 2.05) is 60.5 Å². The first-order chi connectivity index (χ1) is 8.04.